The first-order valence-corrected chi connectivity index (χ1v) is 9.67. The Morgan fingerprint density at radius 3 is 2.21 bits per heavy atom. The Morgan fingerprint density at radius 2 is 1.62 bits per heavy atom. The van der Waals surface area contributed by atoms with Gasteiger partial charge >= 0.3 is 12.1 Å². The maximum atomic E-state index is 12.6. The van der Waals surface area contributed by atoms with Crippen LogP contribution in [0.5, 0.6) is 0 Å². The quantitative estimate of drug-likeness (QED) is 0.771. The van der Waals surface area contributed by atoms with Crippen LogP contribution >= 0.6 is 0 Å². The summed E-state index contributed by atoms with van der Waals surface area (Å²) >= 11 is 0. The van der Waals surface area contributed by atoms with Gasteiger partial charge in [0.05, 0.1) is 19.8 Å². The molecule has 3 heterocycles. The predicted octanol–water partition coefficient (Wildman–Crippen LogP) is 3.02. The van der Waals surface area contributed by atoms with Gasteiger partial charge in [0.2, 0.25) is 0 Å². The average Bonchev–Trinajstić information content (AvgIpc) is 2.80. The van der Waals surface area contributed by atoms with Crippen LogP contribution in [0.4, 0.5) is 4.79 Å². The van der Waals surface area contributed by atoms with Gasteiger partial charge in [-0.2, -0.15) is 0 Å². The van der Waals surface area contributed by atoms with Gasteiger partial charge in [-0.05, 0) is 11.1 Å². The Kier molecular flexibility index (Phi) is 6.10. The van der Waals surface area contributed by atoms with E-state index in [9.17, 15) is 4.79 Å². The Bertz CT molecular complexity index is 778. The van der Waals surface area contributed by atoms with Gasteiger partial charge in [-0.15, -0.1) is 0 Å². The number of fused-ring (bicyclic) bond motifs is 3. The number of hydrogen-bond acceptors (Lipinski definition) is 6. The van der Waals surface area contributed by atoms with Gasteiger partial charge in [0.15, 0.2) is 0 Å². The lowest BCUT2D eigenvalue weighted by Gasteiger charge is -2.50. The van der Waals surface area contributed by atoms with Crippen molar-refractivity contribution in [2.45, 2.75) is 24.7 Å². The molecular weight excluding hydrogens is 374 g/mol. The van der Waals surface area contributed by atoms with Crippen molar-refractivity contribution >= 4 is 6.09 Å². The zero-order valence-corrected chi connectivity index (χ0v) is 16.3. The molecule has 2 atom stereocenters. The van der Waals surface area contributed by atoms with Crippen molar-refractivity contribution in [3.63, 3.8) is 0 Å². The van der Waals surface area contributed by atoms with Crippen LogP contribution in [-0.2, 0) is 30.3 Å². The van der Waals surface area contributed by atoms with Crippen LogP contribution in [0, 0.1) is 5.92 Å². The largest absolute Gasteiger partial charge is 0.445 e. The summed E-state index contributed by atoms with van der Waals surface area (Å²) in [5.41, 5.74) is 1.76. The predicted molar refractivity (Wildman–Crippen MR) is 104 cm³/mol. The minimum atomic E-state index is -1.42. The van der Waals surface area contributed by atoms with E-state index in [0.717, 1.165) is 11.1 Å². The third-order valence-corrected chi connectivity index (χ3v) is 5.11. The number of alkyl carbamates (subject to hydrolysis) is 1. The van der Waals surface area contributed by atoms with Crippen LogP contribution in [0.3, 0.4) is 0 Å². The highest BCUT2D eigenvalue weighted by Gasteiger charge is 2.55. The number of carbonyl (C=O) groups excluding carboxylic acids is 1. The lowest BCUT2D eigenvalue weighted by atomic mass is 9.98. The summed E-state index contributed by atoms with van der Waals surface area (Å²) in [6.07, 6.45) is -1.16. The number of benzene rings is 2. The fourth-order valence-corrected chi connectivity index (χ4v) is 3.59. The second-order valence-electron chi connectivity index (χ2n) is 7.15. The number of hydrogen-bond donors (Lipinski definition) is 1. The Labute approximate surface area is 169 Å². The van der Waals surface area contributed by atoms with Gasteiger partial charge in [0.1, 0.15) is 18.8 Å². The van der Waals surface area contributed by atoms with Crippen LogP contribution in [-0.4, -0.2) is 45.0 Å². The first-order chi connectivity index (χ1) is 14.2. The number of nitrogens with one attached hydrogen (secondary N) is 1. The smallest absolute Gasteiger partial charge is 0.408 e. The van der Waals surface area contributed by atoms with Gasteiger partial charge in [-0.3, -0.25) is 0 Å². The van der Waals surface area contributed by atoms with E-state index in [1.165, 1.54) is 0 Å². The molecule has 7 heteroatoms. The first kappa shape index (κ1) is 19.8. The van der Waals surface area contributed by atoms with E-state index >= 15 is 0 Å². The normalized spacial score (nSPS) is 25.2. The van der Waals surface area contributed by atoms with E-state index in [1.54, 1.807) is 7.11 Å². The molecule has 0 unspecified atom stereocenters. The van der Waals surface area contributed by atoms with Crippen molar-refractivity contribution < 1.29 is 28.5 Å². The van der Waals surface area contributed by atoms with E-state index in [-0.39, 0.29) is 12.5 Å². The molecule has 0 spiro atoms. The Balaban J connectivity index is 1.54. The van der Waals surface area contributed by atoms with E-state index < -0.39 is 24.2 Å². The summed E-state index contributed by atoms with van der Waals surface area (Å²) < 4.78 is 28.9. The molecule has 0 aliphatic carbocycles. The Hall–Kier alpha value is -2.45. The lowest BCUT2D eigenvalue weighted by Crippen LogP contribution is -2.66. The molecule has 2 bridgehead atoms. The Morgan fingerprint density at radius 1 is 1.03 bits per heavy atom. The third-order valence-electron chi connectivity index (χ3n) is 5.11. The molecular formula is C22H25NO6. The maximum Gasteiger partial charge on any atom is 0.408 e. The second kappa shape index (κ2) is 8.92. The number of rotatable bonds is 7. The van der Waals surface area contributed by atoms with Crippen molar-refractivity contribution in [3.8, 4) is 0 Å². The fourth-order valence-electron chi connectivity index (χ4n) is 3.59. The summed E-state index contributed by atoms with van der Waals surface area (Å²) in [6, 6.07) is 18.3. The number of methoxy groups -OCH3 is 1. The zero-order valence-electron chi connectivity index (χ0n) is 16.3. The zero-order chi connectivity index (χ0) is 20.1. The summed E-state index contributed by atoms with van der Waals surface area (Å²) in [5.74, 6) is -1.22. The van der Waals surface area contributed by atoms with E-state index in [1.807, 2.05) is 60.7 Å². The SMILES string of the molecule is CO[C@H](c1ccccc1)[C@H](NC(=O)OCc1ccccc1)C12OCC(CO1)CO2. The van der Waals surface area contributed by atoms with Gasteiger partial charge in [-0.25, -0.2) is 4.79 Å². The molecule has 154 valence electrons. The monoisotopic (exact) mass is 399 g/mol. The second-order valence-corrected chi connectivity index (χ2v) is 7.15. The molecule has 2 aromatic carbocycles. The van der Waals surface area contributed by atoms with E-state index in [0.29, 0.717) is 19.8 Å². The molecule has 0 saturated carbocycles. The molecule has 3 saturated heterocycles. The maximum absolute atomic E-state index is 12.6. The lowest BCUT2D eigenvalue weighted by molar-refractivity contribution is -0.462. The summed E-state index contributed by atoms with van der Waals surface area (Å²) in [5, 5.41) is 2.86. The average molecular weight is 399 g/mol. The van der Waals surface area contributed by atoms with Crippen LogP contribution < -0.4 is 5.32 Å². The first-order valence-electron chi connectivity index (χ1n) is 9.67. The molecule has 3 fully saturated rings. The minimum absolute atomic E-state index is 0.153. The third kappa shape index (κ3) is 4.43. The van der Waals surface area contributed by atoms with E-state index in [2.05, 4.69) is 5.32 Å². The summed E-state index contributed by atoms with van der Waals surface area (Å²) in [7, 11) is 1.58. The minimum Gasteiger partial charge on any atom is -0.445 e. The number of carbonyl (C=O) groups is 1. The molecule has 3 aliphatic heterocycles. The van der Waals surface area contributed by atoms with Gasteiger partial charge in [0, 0.05) is 13.0 Å². The topological polar surface area (TPSA) is 75.3 Å². The van der Waals surface area contributed by atoms with Crippen molar-refractivity contribution in [1.82, 2.24) is 5.32 Å². The van der Waals surface area contributed by atoms with Crippen molar-refractivity contribution in [2.75, 3.05) is 26.9 Å². The van der Waals surface area contributed by atoms with Crippen LogP contribution in [0.1, 0.15) is 17.2 Å². The van der Waals surface area contributed by atoms with Crippen LogP contribution in [0.2, 0.25) is 0 Å². The summed E-state index contributed by atoms with van der Waals surface area (Å²) in [4.78, 5) is 12.6. The fraction of sp³-hybridized carbons (Fsp3) is 0.409. The van der Waals surface area contributed by atoms with Gasteiger partial charge in [-0.1, -0.05) is 60.7 Å². The number of amides is 1. The molecule has 29 heavy (non-hydrogen) atoms. The van der Waals surface area contributed by atoms with Crippen LogP contribution in [0.15, 0.2) is 60.7 Å². The number of ether oxygens (including phenoxy) is 5. The van der Waals surface area contributed by atoms with E-state index in [4.69, 9.17) is 23.7 Å². The summed E-state index contributed by atoms with van der Waals surface area (Å²) in [6.45, 7) is 1.66. The molecule has 1 amide bonds. The molecule has 3 aliphatic rings. The highest BCUT2D eigenvalue weighted by Crippen LogP contribution is 2.38. The molecule has 0 aromatic heterocycles. The molecule has 1 N–H and O–H groups in total. The van der Waals surface area contributed by atoms with Crippen molar-refractivity contribution in [2.24, 2.45) is 5.92 Å². The van der Waals surface area contributed by atoms with Gasteiger partial charge < -0.3 is 29.0 Å². The standard InChI is InChI=1S/C22H25NO6/c1-25-19(18-10-6-3-7-11-18)20(22-27-13-17(14-28-22)15-29-22)23-21(24)26-12-16-8-4-2-5-9-16/h2-11,17,19-20H,12-15H2,1H3,(H,23,24)/t17?,19-,20+,22?/m1/s1. The molecule has 7 nitrogen and oxygen atoms in total. The van der Waals surface area contributed by atoms with Gasteiger partial charge in [0.25, 0.3) is 0 Å². The van der Waals surface area contributed by atoms with Crippen molar-refractivity contribution in [1.29, 1.82) is 0 Å². The highest BCUT2D eigenvalue weighted by molar-refractivity contribution is 5.68. The van der Waals surface area contributed by atoms with Crippen LogP contribution in [0.25, 0.3) is 0 Å². The molecule has 0 radical (unpaired) electrons. The highest BCUT2D eigenvalue weighted by atomic mass is 16.9. The van der Waals surface area contributed by atoms with Crippen molar-refractivity contribution in [3.05, 3.63) is 71.8 Å². The molecule has 5 rings (SSSR count). The molecule has 2 aromatic rings.